The minimum atomic E-state index is 0.149. The van der Waals surface area contributed by atoms with Crippen molar-refractivity contribution in [1.29, 1.82) is 0 Å². The molecular weight excluding hydrogens is 320 g/mol. The Bertz CT molecular complexity index is 877. The van der Waals surface area contributed by atoms with Crippen LogP contribution in [0, 0.1) is 0 Å². The molecule has 1 aliphatic carbocycles. The highest BCUT2D eigenvalue weighted by molar-refractivity contribution is 5.45. The fourth-order valence-electron chi connectivity index (χ4n) is 3.31. The topological polar surface area (TPSA) is 88.5 Å². The number of piperazine rings is 1. The van der Waals surface area contributed by atoms with Crippen LogP contribution in [-0.4, -0.2) is 61.0 Å². The zero-order valence-electron chi connectivity index (χ0n) is 14.1. The summed E-state index contributed by atoms with van der Waals surface area (Å²) in [4.78, 5) is 9.26. The lowest BCUT2D eigenvalue weighted by Gasteiger charge is -2.37. The van der Waals surface area contributed by atoms with Gasteiger partial charge in [0, 0.05) is 32.1 Å². The molecule has 3 aromatic heterocycles. The van der Waals surface area contributed by atoms with E-state index in [-0.39, 0.29) is 6.04 Å². The molecule has 9 nitrogen and oxygen atoms in total. The van der Waals surface area contributed by atoms with Crippen LogP contribution in [0.2, 0.25) is 0 Å². The fraction of sp³-hybridized carbons (Fsp3) is 0.562. The van der Waals surface area contributed by atoms with Gasteiger partial charge in [-0.3, -0.25) is 4.90 Å². The second-order valence-corrected chi connectivity index (χ2v) is 6.79. The summed E-state index contributed by atoms with van der Waals surface area (Å²) in [6.07, 6.45) is 4.01. The molecular formula is C16H20N8O. The van der Waals surface area contributed by atoms with Crippen LogP contribution >= 0.6 is 0 Å². The molecule has 1 unspecified atom stereocenters. The average molecular weight is 340 g/mol. The van der Waals surface area contributed by atoms with Crippen molar-refractivity contribution >= 4 is 11.5 Å². The van der Waals surface area contributed by atoms with E-state index in [1.54, 1.807) is 10.8 Å². The standard InChI is InChI=1S/C16H20N8O/c1-11(16-18-15(21-25-16)12-2-3-12)22-6-8-23(9-7-22)14-5-4-13-19-17-10-24(13)20-14/h4-5,10-12H,2-3,6-9H2,1H3. The molecule has 0 radical (unpaired) electrons. The number of hydrogen-bond acceptors (Lipinski definition) is 8. The first kappa shape index (κ1) is 14.8. The third-order valence-electron chi connectivity index (χ3n) is 5.09. The van der Waals surface area contributed by atoms with Gasteiger partial charge in [0.15, 0.2) is 11.5 Å². The minimum absolute atomic E-state index is 0.149. The van der Waals surface area contributed by atoms with E-state index in [2.05, 4.69) is 42.2 Å². The second-order valence-electron chi connectivity index (χ2n) is 6.79. The number of aromatic nitrogens is 6. The Hall–Kier alpha value is -2.55. The number of nitrogens with zero attached hydrogens (tertiary/aromatic N) is 8. The van der Waals surface area contributed by atoms with E-state index in [0.29, 0.717) is 5.92 Å². The molecule has 130 valence electrons. The largest absolute Gasteiger partial charge is 0.353 e. The molecule has 2 aliphatic rings. The van der Waals surface area contributed by atoms with Crippen molar-refractivity contribution in [3.63, 3.8) is 0 Å². The summed E-state index contributed by atoms with van der Waals surface area (Å²) in [5.74, 6) is 3.10. The summed E-state index contributed by atoms with van der Waals surface area (Å²) in [7, 11) is 0. The van der Waals surface area contributed by atoms with Crippen LogP contribution in [0.5, 0.6) is 0 Å². The molecule has 9 heteroatoms. The SMILES string of the molecule is CC(c1nc(C2CC2)no1)N1CCN(c2ccc3nncn3n2)CC1. The minimum Gasteiger partial charge on any atom is -0.353 e. The summed E-state index contributed by atoms with van der Waals surface area (Å²) in [6.45, 7) is 5.83. The number of fused-ring (bicyclic) bond motifs is 1. The highest BCUT2D eigenvalue weighted by Crippen LogP contribution is 2.38. The fourth-order valence-corrected chi connectivity index (χ4v) is 3.31. The van der Waals surface area contributed by atoms with Crippen molar-refractivity contribution in [3.8, 4) is 0 Å². The highest BCUT2D eigenvalue weighted by Gasteiger charge is 2.31. The monoisotopic (exact) mass is 340 g/mol. The molecule has 25 heavy (non-hydrogen) atoms. The van der Waals surface area contributed by atoms with Crippen molar-refractivity contribution in [3.05, 3.63) is 30.2 Å². The van der Waals surface area contributed by atoms with Crippen LogP contribution in [0.4, 0.5) is 5.82 Å². The zero-order valence-corrected chi connectivity index (χ0v) is 14.1. The molecule has 3 aromatic rings. The summed E-state index contributed by atoms with van der Waals surface area (Å²) in [6, 6.07) is 4.10. The van der Waals surface area contributed by atoms with Crippen LogP contribution in [0.3, 0.4) is 0 Å². The number of anilines is 1. The summed E-state index contributed by atoms with van der Waals surface area (Å²) in [5, 5.41) is 16.6. The Labute approximate surface area is 144 Å². The molecule has 0 bridgehead atoms. The molecule has 1 aliphatic heterocycles. The van der Waals surface area contributed by atoms with Gasteiger partial charge >= 0.3 is 0 Å². The summed E-state index contributed by atoms with van der Waals surface area (Å²) < 4.78 is 7.20. The van der Waals surface area contributed by atoms with E-state index in [0.717, 1.165) is 49.4 Å². The Balaban J connectivity index is 1.25. The maximum Gasteiger partial charge on any atom is 0.243 e. The summed E-state index contributed by atoms with van der Waals surface area (Å²) in [5.41, 5.74) is 0.763. The van der Waals surface area contributed by atoms with E-state index < -0.39 is 0 Å². The maximum atomic E-state index is 5.49. The van der Waals surface area contributed by atoms with Crippen LogP contribution in [0.25, 0.3) is 5.65 Å². The first-order chi connectivity index (χ1) is 12.3. The number of rotatable bonds is 4. The van der Waals surface area contributed by atoms with Crippen molar-refractivity contribution < 1.29 is 4.52 Å². The molecule has 0 amide bonds. The van der Waals surface area contributed by atoms with Gasteiger partial charge in [0.2, 0.25) is 5.89 Å². The van der Waals surface area contributed by atoms with Gasteiger partial charge in [0.05, 0.1) is 6.04 Å². The normalized spacial score (nSPS) is 20.3. The zero-order chi connectivity index (χ0) is 16.8. The van der Waals surface area contributed by atoms with Gasteiger partial charge in [0.1, 0.15) is 12.1 Å². The van der Waals surface area contributed by atoms with Gasteiger partial charge < -0.3 is 9.42 Å². The lowest BCUT2D eigenvalue weighted by atomic mass is 10.2. The predicted molar refractivity (Wildman–Crippen MR) is 89.3 cm³/mol. The van der Waals surface area contributed by atoms with E-state index in [1.807, 2.05) is 12.1 Å². The third-order valence-corrected chi connectivity index (χ3v) is 5.09. The van der Waals surface area contributed by atoms with Gasteiger partial charge in [-0.2, -0.15) is 9.50 Å². The highest BCUT2D eigenvalue weighted by atomic mass is 16.5. The van der Waals surface area contributed by atoms with E-state index in [1.165, 1.54) is 12.8 Å². The van der Waals surface area contributed by atoms with Crippen LogP contribution < -0.4 is 4.90 Å². The molecule has 2 fully saturated rings. The van der Waals surface area contributed by atoms with E-state index in [9.17, 15) is 0 Å². The summed E-state index contributed by atoms with van der Waals surface area (Å²) >= 11 is 0. The van der Waals surface area contributed by atoms with Crippen molar-refractivity contribution in [2.45, 2.75) is 31.7 Å². The smallest absolute Gasteiger partial charge is 0.243 e. The predicted octanol–water partition coefficient (Wildman–Crippen LogP) is 1.27. The second kappa shape index (κ2) is 5.76. The Morgan fingerprint density at radius 1 is 1.16 bits per heavy atom. The van der Waals surface area contributed by atoms with E-state index in [4.69, 9.17) is 4.52 Å². The molecule has 0 aromatic carbocycles. The molecule has 4 heterocycles. The average Bonchev–Trinajstić information content (AvgIpc) is 3.20. The molecule has 1 saturated carbocycles. The number of hydrogen-bond donors (Lipinski definition) is 0. The van der Waals surface area contributed by atoms with Crippen molar-refractivity contribution in [1.82, 2.24) is 34.9 Å². The van der Waals surface area contributed by atoms with Gasteiger partial charge in [-0.25, -0.2) is 0 Å². The maximum absolute atomic E-state index is 5.49. The van der Waals surface area contributed by atoms with Gasteiger partial charge in [-0.15, -0.1) is 15.3 Å². The van der Waals surface area contributed by atoms with Gasteiger partial charge in [-0.1, -0.05) is 5.16 Å². The third kappa shape index (κ3) is 2.74. The molecule has 1 saturated heterocycles. The van der Waals surface area contributed by atoms with Crippen LogP contribution in [0.1, 0.15) is 43.4 Å². The Kier molecular flexibility index (Phi) is 3.40. The Morgan fingerprint density at radius 2 is 2.00 bits per heavy atom. The molecule has 0 N–H and O–H groups in total. The quantitative estimate of drug-likeness (QED) is 0.701. The lowest BCUT2D eigenvalue weighted by molar-refractivity contribution is 0.164. The first-order valence-electron chi connectivity index (χ1n) is 8.77. The van der Waals surface area contributed by atoms with Crippen molar-refractivity contribution in [2.24, 2.45) is 0 Å². The van der Waals surface area contributed by atoms with Gasteiger partial charge in [0.25, 0.3) is 0 Å². The van der Waals surface area contributed by atoms with Gasteiger partial charge in [-0.05, 0) is 31.9 Å². The Morgan fingerprint density at radius 3 is 2.80 bits per heavy atom. The van der Waals surface area contributed by atoms with Crippen LogP contribution in [-0.2, 0) is 0 Å². The molecule has 1 atom stereocenters. The van der Waals surface area contributed by atoms with Crippen molar-refractivity contribution in [2.75, 3.05) is 31.1 Å². The first-order valence-corrected chi connectivity index (χ1v) is 8.77. The molecule has 0 spiro atoms. The van der Waals surface area contributed by atoms with E-state index >= 15 is 0 Å². The van der Waals surface area contributed by atoms with Crippen LogP contribution in [0.15, 0.2) is 23.0 Å². The molecule has 5 rings (SSSR count). The lowest BCUT2D eigenvalue weighted by Crippen LogP contribution is -2.47.